The van der Waals surface area contributed by atoms with E-state index < -0.39 is 18.5 Å². The Morgan fingerprint density at radius 2 is 1.67 bits per heavy atom. The number of benzene rings is 2. The van der Waals surface area contributed by atoms with E-state index in [-0.39, 0.29) is 12.4 Å². The van der Waals surface area contributed by atoms with Gasteiger partial charge in [-0.2, -0.15) is 5.10 Å². The molecule has 30 heavy (non-hydrogen) atoms. The summed E-state index contributed by atoms with van der Waals surface area (Å²) in [5, 5.41) is 12.7. The van der Waals surface area contributed by atoms with Gasteiger partial charge in [0.25, 0.3) is 0 Å². The highest BCUT2D eigenvalue weighted by atomic mass is 16.5. The molecule has 8 heteroatoms. The lowest BCUT2D eigenvalue weighted by atomic mass is 10.1. The van der Waals surface area contributed by atoms with Crippen LogP contribution in [-0.4, -0.2) is 29.3 Å². The van der Waals surface area contributed by atoms with E-state index in [0.29, 0.717) is 23.0 Å². The number of furan rings is 1. The SMILES string of the molecule is C/C(=N/NC(=O)c1ccc(COc2ccccc2)o1)c1ccc(OCC(=O)O)cc1. The number of carbonyl (C=O) groups is 2. The third-order valence-corrected chi connectivity index (χ3v) is 3.97. The van der Waals surface area contributed by atoms with E-state index in [1.165, 1.54) is 0 Å². The Labute approximate surface area is 172 Å². The summed E-state index contributed by atoms with van der Waals surface area (Å²) < 4.78 is 16.2. The number of hydrogen-bond acceptors (Lipinski definition) is 6. The Morgan fingerprint density at radius 1 is 0.967 bits per heavy atom. The fourth-order valence-electron chi connectivity index (χ4n) is 2.44. The van der Waals surface area contributed by atoms with Gasteiger partial charge in [0.1, 0.15) is 23.9 Å². The molecular weight excluding hydrogens is 388 g/mol. The van der Waals surface area contributed by atoms with E-state index in [9.17, 15) is 9.59 Å². The number of ether oxygens (including phenoxy) is 2. The van der Waals surface area contributed by atoms with E-state index >= 15 is 0 Å². The molecule has 0 saturated heterocycles. The largest absolute Gasteiger partial charge is 0.486 e. The molecule has 3 rings (SSSR count). The van der Waals surface area contributed by atoms with Crippen LogP contribution in [0.4, 0.5) is 0 Å². The van der Waals surface area contributed by atoms with Gasteiger partial charge in [-0.05, 0) is 61.0 Å². The third kappa shape index (κ3) is 5.96. The molecule has 1 aromatic heterocycles. The summed E-state index contributed by atoms with van der Waals surface area (Å²) >= 11 is 0. The topological polar surface area (TPSA) is 110 Å². The fraction of sp³-hybridized carbons (Fsp3) is 0.136. The average Bonchev–Trinajstić information content (AvgIpc) is 3.24. The molecule has 0 radical (unpaired) electrons. The second kappa shape index (κ2) is 9.92. The lowest BCUT2D eigenvalue weighted by molar-refractivity contribution is -0.139. The number of nitrogens with one attached hydrogen (secondary N) is 1. The normalized spacial score (nSPS) is 11.0. The van der Waals surface area contributed by atoms with Gasteiger partial charge in [-0.1, -0.05) is 18.2 Å². The number of carboxylic acids is 1. The summed E-state index contributed by atoms with van der Waals surface area (Å²) in [6.07, 6.45) is 0. The number of hydrazone groups is 1. The minimum Gasteiger partial charge on any atom is -0.486 e. The van der Waals surface area contributed by atoms with Crippen LogP contribution in [0.1, 0.15) is 28.8 Å². The summed E-state index contributed by atoms with van der Waals surface area (Å²) in [6, 6.07) is 19.2. The zero-order chi connectivity index (χ0) is 21.3. The quantitative estimate of drug-likeness (QED) is 0.414. The minimum absolute atomic E-state index is 0.121. The van der Waals surface area contributed by atoms with Gasteiger partial charge in [0.15, 0.2) is 12.4 Å². The summed E-state index contributed by atoms with van der Waals surface area (Å²) in [5.74, 6) is 0.240. The van der Waals surface area contributed by atoms with Crippen molar-refractivity contribution in [3.05, 3.63) is 83.8 Å². The van der Waals surface area contributed by atoms with Crippen LogP contribution in [0.15, 0.2) is 76.2 Å². The predicted molar refractivity (Wildman–Crippen MR) is 109 cm³/mol. The molecule has 0 aliphatic heterocycles. The van der Waals surface area contributed by atoms with Gasteiger partial charge in [0.05, 0.1) is 5.71 Å². The number of aliphatic carboxylic acids is 1. The summed E-state index contributed by atoms with van der Waals surface area (Å²) in [4.78, 5) is 22.8. The first-order valence-electron chi connectivity index (χ1n) is 9.07. The summed E-state index contributed by atoms with van der Waals surface area (Å²) in [5.41, 5.74) is 3.75. The van der Waals surface area contributed by atoms with Crippen LogP contribution in [0.25, 0.3) is 0 Å². The maximum Gasteiger partial charge on any atom is 0.341 e. The second-order valence-corrected chi connectivity index (χ2v) is 6.21. The van der Waals surface area contributed by atoms with Crippen LogP contribution < -0.4 is 14.9 Å². The monoisotopic (exact) mass is 408 g/mol. The number of carbonyl (C=O) groups excluding carboxylic acids is 1. The van der Waals surface area contributed by atoms with Crippen molar-refractivity contribution < 1.29 is 28.6 Å². The fourth-order valence-corrected chi connectivity index (χ4v) is 2.44. The molecule has 1 amide bonds. The van der Waals surface area contributed by atoms with Crippen LogP contribution >= 0.6 is 0 Å². The van der Waals surface area contributed by atoms with Crippen LogP contribution in [0.5, 0.6) is 11.5 Å². The van der Waals surface area contributed by atoms with Gasteiger partial charge in [-0.15, -0.1) is 0 Å². The molecule has 0 saturated carbocycles. The van der Waals surface area contributed by atoms with Crippen molar-refractivity contribution in [3.8, 4) is 11.5 Å². The standard InChI is InChI=1S/C22H20N2O6/c1-15(16-7-9-18(10-8-16)29-14-21(25)26)23-24-22(27)20-12-11-19(30-20)13-28-17-5-3-2-4-6-17/h2-12H,13-14H2,1H3,(H,24,27)(H,25,26)/b23-15-. The van der Waals surface area contributed by atoms with Crippen molar-refractivity contribution in [1.29, 1.82) is 0 Å². The Bertz CT molecular complexity index is 1030. The van der Waals surface area contributed by atoms with Crippen LogP contribution in [0.3, 0.4) is 0 Å². The molecular formula is C22H20N2O6. The predicted octanol–water partition coefficient (Wildman–Crippen LogP) is 3.48. The number of carboxylic acid groups (broad SMARTS) is 1. The van der Waals surface area contributed by atoms with Gasteiger partial charge in [0.2, 0.25) is 0 Å². The lowest BCUT2D eigenvalue weighted by Crippen LogP contribution is -2.18. The molecule has 154 valence electrons. The van der Waals surface area contributed by atoms with Crippen molar-refractivity contribution in [1.82, 2.24) is 5.43 Å². The molecule has 0 aliphatic carbocycles. The molecule has 3 aromatic rings. The van der Waals surface area contributed by atoms with E-state index in [1.54, 1.807) is 43.3 Å². The lowest BCUT2D eigenvalue weighted by Gasteiger charge is -2.05. The Morgan fingerprint density at radius 3 is 2.37 bits per heavy atom. The second-order valence-electron chi connectivity index (χ2n) is 6.21. The minimum atomic E-state index is -1.05. The number of nitrogens with zero attached hydrogens (tertiary/aromatic N) is 1. The summed E-state index contributed by atoms with van der Waals surface area (Å²) in [7, 11) is 0. The van der Waals surface area contributed by atoms with E-state index in [1.807, 2.05) is 30.3 Å². The molecule has 0 fully saturated rings. The maximum atomic E-state index is 12.2. The first kappa shape index (κ1) is 20.7. The third-order valence-electron chi connectivity index (χ3n) is 3.97. The van der Waals surface area contributed by atoms with Crippen molar-refractivity contribution in [2.45, 2.75) is 13.5 Å². The molecule has 0 atom stereocenters. The van der Waals surface area contributed by atoms with E-state index in [2.05, 4.69) is 10.5 Å². The number of rotatable bonds is 9. The number of hydrogen-bond donors (Lipinski definition) is 2. The zero-order valence-electron chi connectivity index (χ0n) is 16.2. The van der Waals surface area contributed by atoms with Crippen molar-refractivity contribution in [3.63, 3.8) is 0 Å². The van der Waals surface area contributed by atoms with Crippen molar-refractivity contribution in [2.24, 2.45) is 5.10 Å². The van der Waals surface area contributed by atoms with Gasteiger partial charge in [0, 0.05) is 0 Å². The van der Waals surface area contributed by atoms with Crippen LogP contribution in [0, 0.1) is 0 Å². The molecule has 0 spiro atoms. The molecule has 2 aromatic carbocycles. The molecule has 2 N–H and O–H groups in total. The van der Waals surface area contributed by atoms with E-state index in [0.717, 1.165) is 5.56 Å². The molecule has 8 nitrogen and oxygen atoms in total. The highest BCUT2D eigenvalue weighted by molar-refractivity contribution is 6.00. The Kier molecular flexibility index (Phi) is 6.83. The number of para-hydroxylation sites is 1. The maximum absolute atomic E-state index is 12.2. The zero-order valence-corrected chi connectivity index (χ0v) is 16.2. The summed E-state index contributed by atoms with van der Waals surface area (Å²) in [6.45, 7) is 1.52. The highest BCUT2D eigenvalue weighted by Gasteiger charge is 2.11. The molecule has 1 heterocycles. The number of amides is 1. The first-order valence-corrected chi connectivity index (χ1v) is 9.07. The molecule has 0 unspecified atom stereocenters. The van der Waals surface area contributed by atoms with Gasteiger partial charge in [-0.25, -0.2) is 10.2 Å². The van der Waals surface area contributed by atoms with Gasteiger partial charge >= 0.3 is 11.9 Å². The van der Waals surface area contributed by atoms with Crippen LogP contribution in [-0.2, 0) is 11.4 Å². The first-order chi connectivity index (χ1) is 14.5. The van der Waals surface area contributed by atoms with Crippen molar-refractivity contribution in [2.75, 3.05) is 6.61 Å². The van der Waals surface area contributed by atoms with Gasteiger partial charge in [-0.3, -0.25) is 4.79 Å². The smallest absolute Gasteiger partial charge is 0.341 e. The van der Waals surface area contributed by atoms with Crippen molar-refractivity contribution >= 4 is 17.6 Å². The highest BCUT2D eigenvalue weighted by Crippen LogP contribution is 2.15. The molecule has 0 bridgehead atoms. The molecule has 0 aliphatic rings. The average molecular weight is 408 g/mol. The Balaban J connectivity index is 1.53. The Hall–Kier alpha value is -4.07. The van der Waals surface area contributed by atoms with Crippen LogP contribution in [0.2, 0.25) is 0 Å². The van der Waals surface area contributed by atoms with E-state index in [4.69, 9.17) is 19.0 Å². The van der Waals surface area contributed by atoms with Gasteiger partial charge < -0.3 is 19.0 Å².